The van der Waals surface area contributed by atoms with Crippen molar-refractivity contribution in [3.05, 3.63) is 52.2 Å². The molecule has 27 heavy (non-hydrogen) atoms. The number of benzene rings is 1. The Bertz CT molecular complexity index is 1060. The molecule has 1 atom stereocenters. The number of aromatic nitrogens is 2. The molecule has 0 N–H and O–H groups in total. The number of piperidine rings is 1. The number of nitrogens with zero attached hydrogens (tertiary/aromatic N) is 3. The number of thiophene rings is 1. The zero-order valence-electron chi connectivity index (χ0n) is 14.6. The van der Waals surface area contributed by atoms with Crippen molar-refractivity contribution in [2.24, 2.45) is 0 Å². The fourth-order valence-corrected chi connectivity index (χ4v) is 5.80. The number of aryl methyl sites for hydroxylation is 1. The van der Waals surface area contributed by atoms with Crippen LogP contribution in [0.25, 0.3) is 10.8 Å². The van der Waals surface area contributed by atoms with Gasteiger partial charge in [-0.25, -0.2) is 8.42 Å². The van der Waals surface area contributed by atoms with Crippen LogP contribution in [0.15, 0.2) is 45.7 Å². The second-order valence-corrected chi connectivity index (χ2v) is 10.2. The van der Waals surface area contributed by atoms with Gasteiger partial charge in [0.25, 0.3) is 5.89 Å². The van der Waals surface area contributed by atoms with Crippen molar-refractivity contribution >= 4 is 33.0 Å². The van der Waals surface area contributed by atoms with E-state index in [9.17, 15) is 8.42 Å². The van der Waals surface area contributed by atoms with Gasteiger partial charge in [-0.1, -0.05) is 17.7 Å². The predicted molar refractivity (Wildman–Crippen MR) is 105 cm³/mol. The highest BCUT2D eigenvalue weighted by atomic mass is 35.5. The Hall–Kier alpha value is -1.74. The second kappa shape index (κ2) is 7.35. The lowest BCUT2D eigenvalue weighted by Crippen LogP contribution is -2.39. The first-order chi connectivity index (χ1) is 12.9. The van der Waals surface area contributed by atoms with E-state index in [1.165, 1.54) is 15.2 Å². The maximum atomic E-state index is 12.9. The van der Waals surface area contributed by atoms with Crippen molar-refractivity contribution in [2.45, 2.75) is 30.6 Å². The lowest BCUT2D eigenvalue weighted by atomic mass is 10.00. The summed E-state index contributed by atoms with van der Waals surface area (Å²) >= 11 is 7.55. The first-order valence-corrected chi connectivity index (χ1v) is 11.2. The fraction of sp³-hybridized carbons (Fsp3) is 0.333. The molecule has 9 heteroatoms. The standard InChI is InChI=1S/C18H18ClN3O3S2/c1-12-7-8-16(26-12)18-21-20-17(25-18)13-4-3-9-22(11-13)27(23,24)15-6-2-5-14(19)10-15/h2,5-8,10,13H,3-4,9,11H2,1H3/t13-/m0/s1. The summed E-state index contributed by atoms with van der Waals surface area (Å²) in [6.45, 7) is 2.81. The summed E-state index contributed by atoms with van der Waals surface area (Å²) in [5.74, 6) is 0.856. The van der Waals surface area contributed by atoms with Crippen LogP contribution in [0, 0.1) is 6.92 Å². The predicted octanol–water partition coefficient (Wildman–Crippen LogP) is 4.33. The summed E-state index contributed by atoms with van der Waals surface area (Å²) in [6.07, 6.45) is 1.55. The van der Waals surface area contributed by atoms with Gasteiger partial charge in [-0.05, 0) is 50.1 Å². The van der Waals surface area contributed by atoms with Crippen LogP contribution in [0.1, 0.15) is 29.5 Å². The highest BCUT2D eigenvalue weighted by molar-refractivity contribution is 7.89. The molecule has 0 radical (unpaired) electrons. The van der Waals surface area contributed by atoms with Crippen LogP contribution in [-0.2, 0) is 10.0 Å². The molecule has 1 aromatic carbocycles. The molecule has 3 aromatic rings. The molecule has 3 heterocycles. The van der Waals surface area contributed by atoms with Gasteiger partial charge in [0.2, 0.25) is 15.9 Å². The first-order valence-electron chi connectivity index (χ1n) is 8.59. The number of sulfonamides is 1. The van der Waals surface area contributed by atoms with Crippen LogP contribution in [0.2, 0.25) is 5.02 Å². The number of rotatable bonds is 4. The molecular weight excluding hydrogens is 406 g/mol. The molecule has 2 aromatic heterocycles. The van der Waals surface area contributed by atoms with Gasteiger partial charge in [-0.3, -0.25) is 0 Å². The molecule has 142 valence electrons. The lowest BCUT2D eigenvalue weighted by molar-refractivity contribution is 0.286. The van der Waals surface area contributed by atoms with E-state index in [0.29, 0.717) is 29.9 Å². The third-order valence-corrected chi connectivity index (χ3v) is 7.64. The highest BCUT2D eigenvalue weighted by Gasteiger charge is 2.33. The molecule has 0 spiro atoms. The molecule has 0 amide bonds. The lowest BCUT2D eigenvalue weighted by Gasteiger charge is -2.30. The van der Waals surface area contributed by atoms with Crippen molar-refractivity contribution < 1.29 is 12.8 Å². The SMILES string of the molecule is Cc1ccc(-c2nnc([C@H]3CCCN(S(=O)(=O)c4cccc(Cl)c4)C3)o2)s1. The van der Waals surface area contributed by atoms with Gasteiger partial charge in [-0.15, -0.1) is 21.5 Å². The zero-order chi connectivity index (χ0) is 19.0. The molecule has 1 aliphatic heterocycles. The average Bonchev–Trinajstić information content (AvgIpc) is 3.31. The Kier molecular flexibility index (Phi) is 5.07. The Morgan fingerprint density at radius 2 is 2.11 bits per heavy atom. The van der Waals surface area contributed by atoms with Crippen molar-refractivity contribution in [1.82, 2.24) is 14.5 Å². The molecule has 0 unspecified atom stereocenters. The summed E-state index contributed by atoms with van der Waals surface area (Å²) in [6, 6.07) is 10.3. The van der Waals surface area contributed by atoms with Crippen molar-refractivity contribution in [2.75, 3.05) is 13.1 Å². The number of hydrogen-bond donors (Lipinski definition) is 0. The Morgan fingerprint density at radius 3 is 2.85 bits per heavy atom. The van der Waals surface area contributed by atoms with Crippen LogP contribution < -0.4 is 0 Å². The first kappa shape index (κ1) is 18.6. The summed E-state index contributed by atoms with van der Waals surface area (Å²) in [4.78, 5) is 2.29. The molecular formula is C18H18ClN3O3S2. The minimum Gasteiger partial charge on any atom is -0.420 e. The third-order valence-electron chi connectivity index (χ3n) is 4.56. The Labute approximate surface area is 166 Å². The van der Waals surface area contributed by atoms with Crippen molar-refractivity contribution in [3.8, 4) is 10.8 Å². The molecule has 1 aliphatic rings. The molecule has 6 nitrogen and oxygen atoms in total. The van der Waals surface area contributed by atoms with Gasteiger partial charge in [0.1, 0.15) is 0 Å². The van der Waals surface area contributed by atoms with Gasteiger partial charge in [0.15, 0.2) is 0 Å². The molecule has 4 rings (SSSR count). The van der Waals surface area contributed by atoms with E-state index in [-0.39, 0.29) is 10.8 Å². The van der Waals surface area contributed by atoms with Crippen LogP contribution >= 0.6 is 22.9 Å². The Balaban J connectivity index is 1.56. The summed E-state index contributed by atoms with van der Waals surface area (Å²) in [7, 11) is -3.61. The summed E-state index contributed by atoms with van der Waals surface area (Å²) in [5.41, 5.74) is 0. The summed E-state index contributed by atoms with van der Waals surface area (Å²) < 4.78 is 33.2. The smallest absolute Gasteiger partial charge is 0.257 e. The third kappa shape index (κ3) is 3.80. The molecule has 0 aliphatic carbocycles. The highest BCUT2D eigenvalue weighted by Crippen LogP contribution is 2.33. The van der Waals surface area contributed by atoms with E-state index >= 15 is 0 Å². The van der Waals surface area contributed by atoms with Crippen molar-refractivity contribution in [1.29, 1.82) is 0 Å². The average molecular weight is 424 g/mol. The minimum atomic E-state index is -3.61. The molecule has 0 bridgehead atoms. The number of halogens is 1. The monoisotopic (exact) mass is 423 g/mol. The molecule has 1 fully saturated rings. The molecule has 1 saturated heterocycles. The number of hydrogen-bond acceptors (Lipinski definition) is 6. The van der Waals surface area contributed by atoms with Gasteiger partial charge < -0.3 is 4.42 Å². The van der Waals surface area contributed by atoms with E-state index in [0.717, 1.165) is 17.7 Å². The van der Waals surface area contributed by atoms with E-state index in [1.807, 2.05) is 19.1 Å². The van der Waals surface area contributed by atoms with E-state index in [2.05, 4.69) is 10.2 Å². The maximum Gasteiger partial charge on any atom is 0.257 e. The maximum absolute atomic E-state index is 12.9. The Morgan fingerprint density at radius 1 is 1.26 bits per heavy atom. The van der Waals surface area contributed by atoms with Crippen LogP contribution in [-0.4, -0.2) is 36.0 Å². The van der Waals surface area contributed by atoms with Gasteiger partial charge >= 0.3 is 0 Å². The van der Waals surface area contributed by atoms with E-state index in [4.69, 9.17) is 16.0 Å². The minimum absolute atomic E-state index is 0.116. The second-order valence-electron chi connectivity index (χ2n) is 6.52. The van der Waals surface area contributed by atoms with E-state index in [1.54, 1.807) is 29.5 Å². The van der Waals surface area contributed by atoms with Crippen LogP contribution in [0.4, 0.5) is 0 Å². The molecule has 0 saturated carbocycles. The fourth-order valence-electron chi connectivity index (χ4n) is 3.19. The van der Waals surface area contributed by atoms with Crippen molar-refractivity contribution in [3.63, 3.8) is 0 Å². The largest absolute Gasteiger partial charge is 0.420 e. The van der Waals surface area contributed by atoms with Crippen LogP contribution in [0.3, 0.4) is 0 Å². The quantitative estimate of drug-likeness (QED) is 0.624. The van der Waals surface area contributed by atoms with E-state index < -0.39 is 10.0 Å². The zero-order valence-corrected chi connectivity index (χ0v) is 17.0. The van der Waals surface area contributed by atoms with Gasteiger partial charge in [-0.2, -0.15) is 4.31 Å². The normalized spacial score (nSPS) is 18.7. The topological polar surface area (TPSA) is 76.3 Å². The van der Waals surface area contributed by atoms with Crippen LogP contribution in [0.5, 0.6) is 0 Å². The van der Waals surface area contributed by atoms with Gasteiger partial charge in [0.05, 0.1) is 15.7 Å². The summed E-state index contributed by atoms with van der Waals surface area (Å²) in [5, 5.41) is 8.72. The van der Waals surface area contributed by atoms with Gasteiger partial charge in [0, 0.05) is 23.0 Å².